The van der Waals surface area contributed by atoms with Gasteiger partial charge in [-0.15, -0.1) is 0 Å². The standard InChI is InChI=1S/C27H28F2N4S/c1-17-11-23(19-7-10-24(28)25(29)12-19)26(31-15-17)33(27(30)34)22-13-20-8-9-21(14-22)32(20)16-18-5-3-2-4-6-18/h2-7,10-12,15,20-22H,8-9,13-14,16H2,1H3,(H2,30,34). The molecule has 0 spiro atoms. The number of aromatic nitrogens is 1. The molecule has 2 aliphatic heterocycles. The van der Waals surface area contributed by atoms with Crippen molar-refractivity contribution in [3.63, 3.8) is 0 Å². The molecule has 2 saturated heterocycles. The smallest absolute Gasteiger partial charge is 0.172 e. The quantitative estimate of drug-likeness (QED) is 0.485. The largest absolute Gasteiger partial charge is 0.376 e. The van der Waals surface area contributed by atoms with Crippen LogP contribution in [0.25, 0.3) is 11.1 Å². The first-order valence-corrected chi connectivity index (χ1v) is 12.1. The van der Waals surface area contributed by atoms with Crippen molar-refractivity contribution in [2.75, 3.05) is 4.90 Å². The highest BCUT2D eigenvalue weighted by Crippen LogP contribution is 2.41. The molecule has 0 amide bonds. The van der Waals surface area contributed by atoms with Gasteiger partial charge in [0.15, 0.2) is 16.7 Å². The van der Waals surface area contributed by atoms with E-state index in [-0.39, 0.29) is 11.2 Å². The van der Waals surface area contributed by atoms with Gasteiger partial charge >= 0.3 is 0 Å². The Bertz CT molecular complexity index is 1190. The molecule has 2 fully saturated rings. The van der Waals surface area contributed by atoms with Crippen molar-refractivity contribution in [3.05, 3.63) is 83.6 Å². The number of nitrogens with zero attached hydrogens (tertiary/aromatic N) is 3. The summed E-state index contributed by atoms with van der Waals surface area (Å²) < 4.78 is 27.7. The van der Waals surface area contributed by atoms with E-state index in [2.05, 4.69) is 34.1 Å². The van der Waals surface area contributed by atoms with E-state index in [9.17, 15) is 8.78 Å². The van der Waals surface area contributed by atoms with Crippen molar-refractivity contribution >= 4 is 23.1 Å². The number of benzene rings is 2. The van der Waals surface area contributed by atoms with Crippen LogP contribution in [0.15, 0.2) is 60.8 Å². The first kappa shape index (κ1) is 22.9. The molecule has 3 aromatic rings. The summed E-state index contributed by atoms with van der Waals surface area (Å²) in [6.45, 7) is 2.87. The summed E-state index contributed by atoms with van der Waals surface area (Å²) in [4.78, 5) is 9.24. The molecule has 2 unspecified atom stereocenters. The number of hydrogen-bond donors (Lipinski definition) is 1. The van der Waals surface area contributed by atoms with Gasteiger partial charge in [-0.25, -0.2) is 13.8 Å². The maximum absolute atomic E-state index is 14.1. The zero-order valence-corrected chi connectivity index (χ0v) is 19.9. The number of nitrogens with two attached hydrogens (primary N) is 1. The van der Waals surface area contributed by atoms with E-state index < -0.39 is 11.6 Å². The fourth-order valence-electron chi connectivity index (χ4n) is 5.60. The van der Waals surface area contributed by atoms with Gasteiger partial charge in [0, 0.05) is 36.4 Å². The van der Waals surface area contributed by atoms with Crippen molar-refractivity contribution in [3.8, 4) is 11.1 Å². The van der Waals surface area contributed by atoms with Crippen molar-refractivity contribution < 1.29 is 8.78 Å². The van der Waals surface area contributed by atoms with Crippen molar-refractivity contribution in [1.29, 1.82) is 0 Å². The Morgan fingerprint density at radius 3 is 2.41 bits per heavy atom. The topological polar surface area (TPSA) is 45.4 Å². The van der Waals surface area contributed by atoms with E-state index in [1.165, 1.54) is 11.6 Å². The highest BCUT2D eigenvalue weighted by molar-refractivity contribution is 7.80. The number of piperidine rings is 1. The minimum atomic E-state index is -0.890. The summed E-state index contributed by atoms with van der Waals surface area (Å²) in [6.07, 6.45) is 5.91. The summed E-state index contributed by atoms with van der Waals surface area (Å²) in [5, 5.41) is 0.251. The number of aryl methyl sites for hydroxylation is 1. The maximum Gasteiger partial charge on any atom is 0.172 e. The lowest BCUT2D eigenvalue weighted by atomic mass is 9.94. The first-order valence-electron chi connectivity index (χ1n) is 11.7. The van der Waals surface area contributed by atoms with E-state index in [4.69, 9.17) is 18.0 Å². The number of hydrogen-bond acceptors (Lipinski definition) is 3. The molecule has 3 heterocycles. The molecule has 176 valence electrons. The van der Waals surface area contributed by atoms with Crippen molar-refractivity contribution in [1.82, 2.24) is 9.88 Å². The minimum Gasteiger partial charge on any atom is -0.376 e. The van der Waals surface area contributed by atoms with Gasteiger partial charge in [-0.3, -0.25) is 9.80 Å². The second kappa shape index (κ2) is 9.39. The highest BCUT2D eigenvalue weighted by Gasteiger charge is 2.43. The summed E-state index contributed by atoms with van der Waals surface area (Å²) in [6, 6.07) is 17.4. The average molecular weight is 479 g/mol. The molecule has 34 heavy (non-hydrogen) atoms. The van der Waals surface area contributed by atoms with Crippen LogP contribution in [0.3, 0.4) is 0 Å². The zero-order valence-electron chi connectivity index (χ0n) is 19.1. The molecule has 4 nitrogen and oxygen atoms in total. The van der Waals surface area contributed by atoms with Gasteiger partial charge in [0.05, 0.1) is 0 Å². The minimum absolute atomic E-state index is 0.0984. The Labute approximate surface area is 204 Å². The number of pyridine rings is 1. The molecule has 2 atom stereocenters. The Balaban J connectivity index is 1.46. The van der Waals surface area contributed by atoms with E-state index in [1.54, 1.807) is 12.3 Å². The SMILES string of the molecule is Cc1cnc(N(C(N)=S)C2CC3CCC(C2)N3Cc2ccccc2)c(-c2ccc(F)c(F)c2)c1. The second-order valence-corrected chi connectivity index (χ2v) is 9.81. The molecule has 2 aliphatic rings. The lowest BCUT2D eigenvalue weighted by Crippen LogP contribution is -2.53. The summed E-state index contributed by atoms with van der Waals surface area (Å²) >= 11 is 5.52. The number of fused-ring (bicyclic) bond motifs is 2. The summed E-state index contributed by atoms with van der Waals surface area (Å²) in [7, 11) is 0. The van der Waals surface area contributed by atoms with Gasteiger partial charge in [0.1, 0.15) is 5.82 Å². The first-order chi connectivity index (χ1) is 16.4. The number of halogens is 2. The normalized spacial score (nSPS) is 22.0. The third kappa shape index (κ3) is 4.42. The van der Waals surface area contributed by atoms with Crippen molar-refractivity contribution in [2.24, 2.45) is 5.73 Å². The van der Waals surface area contributed by atoms with Crippen LogP contribution < -0.4 is 10.6 Å². The predicted octanol–water partition coefficient (Wildman–Crippen LogP) is 5.58. The maximum atomic E-state index is 14.1. The molecule has 0 saturated carbocycles. The number of anilines is 1. The fraction of sp³-hybridized carbons (Fsp3) is 0.333. The van der Waals surface area contributed by atoms with Crippen LogP contribution in [-0.4, -0.2) is 33.1 Å². The van der Waals surface area contributed by atoms with E-state index >= 15 is 0 Å². The van der Waals surface area contributed by atoms with Crippen LogP contribution in [0.5, 0.6) is 0 Å². The fourth-order valence-corrected chi connectivity index (χ4v) is 5.83. The lowest BCUT2D eigenvalue weighted by molar-refractivity contribution is 0.120. The average Bonchev–Trinajstić information content (AvgIpc) is 3.04. The molecule has 5 rings (SSSR count). The second-order valence-electron chi connectivity index (χ2n) is 9.39. The lowest BCUT2D eigenvalue weighted by Gasteiger charge is -2.43. The van der Waals surface area contributed by atoms with Crippen LogP contribution in [-0.2, 0) is 6.54 Å². The van der Waals surface area contributed by atoms with Crippen LogP contribution in [0, 0.1) is 18.6 Å². The predicted molar refractivity (Wildman–Crippen MR) is 135 cm³/mol. The molecular formula is C27H28F2N4S. The zero-order chi connectivity index (χ0) is 23.8. The van der Waals surface area contributed by atoms with Gasteiger partial charge in [0.25, 0.3) is 0 Å². The third-order valence-corrected chi connectivity index (χ3v) is 7.33. The number of thiocarbonyl (C=S) groups is 1. The third-order valence-electron chi connectivity index (χ3n) is 7.13. The molecule has 2 N–H and O–H groups in total. The van der Waals surface area contributed by atoms with E-state index in [0.717, 1.165) is 43.9 Å². The van der Waals surface area contributed by atoms with Crippen LogP contribution >= 0.6 is 12.2 Å². The van der Waals surface area contributed by atoms with Gasteiger partial charge < -0.3 is 5.73 Å². The molecule has 0 aliphatic carbocycles. The molecule has 1 aromatic heterocycles. The van der Waals surface area contributed by atoms with E-state index in [0.29, 0.717) is 29.0 Å². The van der Waals surface area contributed by atoms with E-state index in [1.807, 2.05) is 24.0 Å². The van der Waals surface area contributed by atoms with Crippen molar-refractivity contribution in [2.45, 2.75) is 57.3 Å². The van der Waals surface area contributed by atoms with Gasteiger partial charge in [0.2, 0.25) is 0 Å². The Kier molecular flexibility index (Phi) is 6.32. The Hall–Kier alpha value is -2.90. The molecule has 2 aromatic carbocycles. The summed E-state index contributed by atoms with van der Waals surface area (Å²) in [5.74, 6) is -1.16. The molecule has 7 heteroatoms. The van der Waals surface area contributed by atoms with Crippen LogP contribution in [0.4, 0.5) is 14.6 Å². The van der Waals surface area contributed by atoms with Gasteiger partial charge in [-0.2, -0.15) is 0 Å². The van der Waals surface area contributed by atoms with Gasteiger partial charge in [-0.1, -0.05) is 36.4 Å². The molecular weight excluding hydrogens is 450 g/mol. The van der Waals surface area contributed by atoms with Gasteiger partial charge in [-0.05, 0) is 79.7 Å². The van der Waals surface area contributed by atoms with Crippen LogP contribution in [0.1, 0.15) is 36.8 Å². The Morgan fingerprint density at radius 1 is 1.06 bits per heavy atom. The monoisotopic (exact) mass is 478 g/mol. The number of rotatable bonds is 5. The Morgan fingerprint density at radius 2 is 1.76 bits per heavy atom. The molecule has 2 bridgehead atoms. The van der Waals surface area contributed by atoms with Crippen LogP contribution in [0.2, 0.25) is 0 Å². The summed E-state index contributed by atoms with van der Waals surface area (Å²) in [5.41, 5.74) is 9.77. The highest BCUT2D eigenvalue weighted by atomic mass is 32.1. The molecule has 0 radical (unpaired) electrons.